The predicted octanol–water partition coefficient (Wildman–Crippen LogP) is 5.63. The second-order valence-electron chi connectivity index (χ2n) is 8.37. The van der Waals surface area contributed by atoms with Crippen molar-refractivity contribution in [3.63, 3.8) is 0 Å². The lowest BCUT2D eigenvalue weighted by Gasteiger charge is -2.15. The summed E-state index contributed by atoms with van der Waals surface area (Å²) in [5.41, 5.74) is 1.49. The predicted molar refractivity (Wildman–Crippen MR) is 154 cm³/mol. The number of halogens is 1. The number of benzene rings is 3. The minimum Gasteiger partial charge on any atom is -0.493 e. The van der Waals surface area contributed by atoms with Crippen molar-refractivity contribution in [2.45, 2.75) is 17.9 Å². The number of ether oxygens (including phenoxy) is 3. The lowest BCUT2D eigenvalue weighted by atomic mass is 10.1. The molecular formula is C28H27ClN2O6S2. The van der Waals surface area contributed by atoms with Crippen LogP contribution in [0.2, 0.25) is 5.02 Å². The minimum absolute atomic E-state index is 0.0512. The van der Waals surface area contributed by atoms with Crippen LogP contribution in [0.25, 0.3) is 6.08 Å². The molecular weight excluding hydrogens is 560 g/mol. The van der Waals surface area contributed by atoms with Crippen LogP contribution < -0.4 is 9.47 Å². The summed E-state index contributed by atoms with van der Waals surface area (Å²) >= 11 is 7.26. The fourth-order valence-electron chi connectivity index (χ4n) is 3.71. The lowest BCUT2D eigenvalue weighted by molar-refractivity contribution is -0.122. The average molecular weight is 587 g/mol. The van der Waals surface area contributed by atoms with E-state index >= 15 is 0 Å². The summed E-state index contributed by atoms with van der Waals surface area (Å²) in [5, 5.41) is 0.684. The molecule has 0 aromatic heterocycles. The number of methoxy groups -OCH3 is 2. The molecule has 3 aromatic rings. The van der Waals surface area contributed by atoms with Gasteiger partial charge in [0.2, 0.25) is 0 Å². The highest BCUT2D eigenvalue weighted by atomic mass is 35.5. The SMILES string of the molecule is COCCCN1C(=O)C(=Cc2ccc(OC)c(OCc3ccccc3Cl)c2)SC1=NS(=O)(=O)c1ccccc1. The summed E-state index contributed by atoms with van der Waals surface area (Å²) in [7, 11) is -0.906. The fraction of sp³-hybridized carbons (Fsp3) is 0.214. The molecule has 4 rings (SSSR count). The topological polar surface area (TPSA) is 94.5 Å². The normalized spacial score (nSPS) is 15.8. The van der Waals surface area contributed by atoms with E-state index in [9.17, 15) is 13.2 Å². The van der Waals surface area contributed by atoms with Gasteiger partial charge >= 0.3 is 0 Å². The van der Waals surface area contributed by atoms with E-state index < -0.39 is 10.0 Å². The molecule has 0 aliphatic carbocycles. The monoisotopic (exact) mass is 586 g/mol. The van der Waals surface area contributed by atoms with E-state index in [-0.39, 0.29) is 29.1 Å². The van der Waals surface area contributed by atoms with Crippen LogP contribution in [-0.2, 0) is 26.2 Å². The number of rotatable bonds is 11. The lowest BCUT2D eigenvalue weighted by Crippen LogP contribution is -2.31. The van der Waals surface area contributed by atoms with Crippen molar-refractivity contribution >= 4 is 50.5 Å². The van der Waals surface area contributed by atoms with Crippen LogP contribution in [0.15, 0.2) is 87.0 Å². The standard InChI is InChI=1S/C28H27ClN2O6S2/c1-35-16-8-15-31-27(32)26(38-28(31)30-39(33,34)22-10-4-3-5-11-22)18-20-13-14-24(36-2)25(17-20)37-19-21-9-6-7-12-23(21)29/h3-7,9-14,17-18H,8,15-16,19H2,1-2H3. The van der Waals surface area contributed by atoms with Crippen LogP contribution in [0.4, 0.5) is 0 Å². The van der Waals surface area contributed by atoms with Gasteiger partial charge in [0.15, 0.2) is 16.7 Å². The molecule has 0 N–H and O–H groups in total. The maximum absolute atomic E-state index is 13.3. The molecule has 3 aromatic carbocycles. The van der Waals surface area contributed by atoms with Crippen molar-refractivity contribution in [3.05, 3.63) is 93.9 Å². The number of hydrogen-bond acceptors (Lipinski definition) is 7. The van der Waals surface area contributed by atoms with Crippen LogP contribution >= 0.6 is 23.4 Å². The van der Waals surface area contributed by atoms with Crippen molar-refractivity contribution in [2.75, 3.05) is 27.4 Å². The number of nitrogens with zero attached hydrogens (tertiary/aromatic N) is 2. The van der Waals surface area contributed by atoms with Gasteiger partial charge in [0.05, 0.1) is 16.9 Å². The van der Waals surface area contributed by atoms with Crippen molar-refractivity contribution in [1.82, 2.24) is 4.90 Å². The molecule has 0 bridgehead atoms. The first-order valence-corrected chi connectivity index (χ1v) is 14.6. The number of amidine groups is 1. The molecule has 0 radical (unpaired) electrons. The molecule has 1 aliphatic rings. The second kappa shape index (κ2) is 13.2. The van der Waals surface area contributed by atoms with Gasteiger partial charge in [-0.2, -0.15) is 8.42 Å². The Kier molecular flexibility index (Phi) is 9.68. The zero-order valence-electron chi connectivity index (χ0n) is 21.4. The molecule has 1 fully saturated rings. The second-order valence-corrected chi connectivity index (χ2v) is 11.4. The Morgan fingerprint density at radius 2 is 1.74 bits per heavy atom. The molecule has 0 spiro atoms. The Morgan fingerprint density at radius 3 is 2.46 bits per heavy atom. The van der Waals surface area contributed by atoms with Crippen LogP contribution in [-0.4, -0.2) is 51.8 Å². The quantitative estimate of drug-likeness (QED) is 0.212. The molecule has 204 valence electrons. The van der Waals surface area contributed by atoms with Gasteiger partial charge in [-0.1, -0.05) is 54.1 Å². The Bertz CT molecular complexity index is 1490. The van der Waals surface area contributed by atoms with Gasteiger partial charge in [-0.25, -0.2) is 0 Å². The van der Waals surface area contributed by atoms with Crippen molar-refractivity contribution in [1.29, 1.82) is 0 Å². The molecule has 1 saturated heterocycles. The first kappa shape index (κ1) is 28.7. The summed E-state index contributed by atoms with van der Waals surface area (Å²) in [5.74, 6) is 0.652. The van der Waals surface area contributed by atoms with Gasteiger partial charge in [-0.15, -0.1) is 4.40 Å². The molecule has 0 unspecified atom stereocenters. The third kappa shape index (κ3) is 7.21. The van der Waals surface area contributed by atoms with E-state index in [1.165, 1.54) is 17.0 Å². The highest BCUT2D eigenvalue weighted by Crippen LogP contribution is 2.36. The molecule has 0 saturated carbocycles. The Labute approximate surface area is 237 Å². The highest BCUT2D eigenvalue weighted by molar-refractivity contribution is 8.19. The average Bonchev–Trinajstić information content (AvgIpc) is 3.21. The van der Waals surface area contributed by atoms with E-state index in [0.717, 1.165) is 17.3 Å². The van der Waals surface area contributed by atoms with Gasteiger partial charge < -0.3 is 14.2 Å². The molecule has 0 atom stereocenters. The van der Waals surface area contributed by atoms with Crippen molar-refractivity contribution < 1.29 is 27.4 Å². The summed E-state index contributed by atoms with van der Waals surface area (Å²) in [6, 6.07) is 20.6. The third-order valence-corrected chi connectivity index (χ3v) is 8.46. The largest absolute Gasteiger partial charge is 0.493 e. The van der Waals surface area contributed by atoms with Crippen LogP contribution in [0.3, 0.4) is 0 Å². The smallest absolute Gasteiger partial charge is 0.284 e. The zero-order valence-corrected chi connectivity index (χ0v) is 23.8. The van der Waals surface area contributed by atoms with Gasteiger partial charge in [0.25, 0.3) is 15.9 Å². The molecule has 11 heteroatoms. The van der Waals surface area contributed by atoms with Gasteiger partial charge in [-0.05, 0) is 60.2 Å². The molecule has 1 amide bonds. The third-order valence-electron chi connectivity index (χ3n) is 5.68. The maximum Gasteiger partial charge on any atom is 0.284 e. The highest BCUT2D eigenvalue weighted by Gasteiger charge is 2.34. The van der Waals surface area contributed by atoms with Gasteiger partial charge in [-0.3, -0.25) is 9.69 Å². The first-order valence-electron chi connectivity index (χ1n) is 12.0. The van der Waals surface area contributed by atoms with Crippen LogP contribution in [0.1, 0.15) is 17.5 Å². The van der Waals surface area contributed by atoms with Crippen molar-refractivity contribution in [3.8, 4) is 11.5 Å². The molecule has 1 heterocycles. The number of thioether (sulfide) groups is 1. The van der Waals surface area contributed by atoms with E-state index in [1.807, 2.05) is 18.2 Å². The Balaban J connectivity index is 1.63. The summed E-state index contributed by atoms with van der Waals surface area (Å²) in [4.78, 5) is 15.1. The van der Waals surface area contributed by atoms with E-state index in [4.69, 9.17) is 25.8 Å². The fourth-order valence-corrected chi connectivity index (χ4v) is 6.12. The summed E-state index contributed by atoms with van der Waals surface area (Å²) < 4.78 is 46.4. The first-order chi connectivity index (χ1) is 18.8. The Morgan fingerprint density at radius 1 is 1.00 bits per heavy atom. The van der Waals surface area contributed by atoms with E-state index in [1.54, 1.807) is 62.8 Å². The Hall–Kier alpha value is -3.31. The number of carbonyl (C=O) groups is 1. The number of carbonyl (C=O) groups excluding carboxylic acids is 1. The zero-order chi connectivity index (χ0) is 27.8. The summed E-state index contributed by atoms with van der Waals surface area (Å²) in [6.07, 6.45) is 2.19. The number of hydrogen-bond donors (Lipinski definition) is 0. The maximum atomic E-state index is 13.3. The van der Waals surface area contributed by atoms with E-state index in [0.29, 0.717) is 40.0 Å². The van der Waals surface area contributed by atoms with Crippen molar-refractivity contribution in [2.24, 2.45) is 4.40 Å². The van der Waals surface area contributed by atoms with Gasteiger partial charge in [0.1, 0.15) is 6.61 Å². The number of sulfonamides is 1. The molecule has 8 nitrogen and oxygen atoms in total. The molecule has 1 aliphatic heterocycles. The van der Waals surface area contributed by atoms with Gasteiger partial charge in [0, 0.05) is 30.8 Å². The molecule has 39 heavy (non-hydrogen) atoms. The minimum atomic E-state index is -4.01. The van der Waals surface area contributed by atoms with Crippen LogP contribution in [0.5, 0.6) is 11.5 Å². The van der Waals surface area contributed by atoms with Crippen LogP contribution in [0, 0.1) is 0 Å². The van der Waals surface area contributed by atoms with E-state index in [2.05, 4.69) is 4.40 Å². The number of amides is 1. The summed E-state index contributed by atoms with van der Waals surface area (Å²) in [6.45, 7) is 0.900.